The van der Waals surface area contributed by atoms with E-state index in [1.165, 1.54) is 7.11 Å². The lowest BCUT2D eigenvalue weighted by Gasteiger charge is -2.27. The Morgan fingerprint density at radius 3 is 2.75 bits per heavy atom. The summed E-state index contributed by atoms with van der Waals surface area (Å²) in [4.78, 5) is 11.4. The van der Waals surface area contributed by atoms with Crippen LogP contribution >= 0.6 is 0 Å². The summed E-state index contributed by atoms with van der Waals surface area (Å²) >= 11 is 0. The maximum Gasteiger partial charge on any atom is 0.314 e. The average Bonchev–Trinajstić information content (AvgIpc) is 2.62. The number of methoxy groups -OCH3 is 1. The van der Waals surface area contributed by atoms with Gasteiger partial charge >= 0.3 is 5.97 Å². The van der Waals surface area contributed by atoms with Crippen LogP contribution in [0.25, 0.3) is 0 Å². The lowest BCUT2D eigenvalue weighted by molar-refractivity contribution is -0.154. The fourth-order valence-corrected chi connectivity index (χ4v) is 2.38. The van der Waals surface area contributed by atoms with Crippen molar-refractivity contribution in [3.8, 4) is 0 Å². The summed E-state index contributed by atoms with van der Waals surface area (Å²) in [7, 11) is 1.44. The standard InChI is InChI=1S/C9H14O3/c1-9(8(10)11-2)5-6-3-4-7(9)12-6/h6-7H,3-5H2,1-2H3/t6-,7-,9+/m0/s1. The van der Waals surface area contributed by atoms with Gasteiger partial charge in [0.25, 0.3) is 0 Å². The third-order valence-electron chi connectivity index (χ3n) is 3.12. The minimum absolute atomic E-state index is 0.106. The van der Waals surface area contributed by atoms with Crippen molar-refractivity contribution in [1.82, 2.24) is 0 Å². The van der Waals surface area contributed by atoms with Gasteiger partial charge in [0.2, 0.25) is 0 Å². The van der Waals surface area contributed by atoms with Crippen molar-refractivity contribution >= 4 is 5.97 Å². The van der Waals surface area contributed by atoms with E-state index < -0.39 is 0 Å². The second-order valence-corrected chi connectivity index (χ2v) is 3.94. The van der Waals surface area contributed by atoms with Gasteiger partial charge in [-0.15, -0.1) is 0 Å². The summed E-state index contributed by atoms with van der Waals surface area (Å²) in [6.07, 6.45) is 3.37. The van der Waals surface area contributed by atoms with Gasteiger partial charge < -0.3 is 9.47 Å². The lowest BCUT2D eigenvalue weighted by atomic mass is 9.76. The molecule has 0 spiro atoms. The Bertz CT molecular complexity index is 214. The summed E-state index contributed by atoms with van der Waals surface area (Å²) in [6, 6.07) is 0. The largest absolute Gasteiger partial charge is 0.469 e. The van der Waals surface area contributed by atoms with Crippen LogP contribution < -0.4 is 0 Å². The van der Waals surface area contributed by atoms with Crippen LogP contribution in [0.3, 0.4) is 0 Å². The van der Waals surface area contributed by atoms with Gasteiger partial charge in [-0.1, -0.05) is 0 Å². The smallest absolute Gasteiger partial charge is 0.314 e. The maximum absolute atomic E-state index is 11.4. The van der Waals surface area contributed by atoms with Crippen molar-refractivity contribution in [2.75, 3.05) is 7.11 Å². The van der Waals surface area contributed by atoms with Crippen LogP contribution in [-0.2, 0) is 14.3 Å². The molecule has 0 aromatic heterocycles. The molecule has 0 N–H and O–H groups in total. The van der Waals surface area contributed by atoms with E-state index in [1.54, 1.807) is 0 Å². The molecule has 3 nitrogen and oxygen atoms in total. The van der Waals surface area contributed by atoms with Crippen LogP contribution in [0.15, 0.2) is 0 Å². The van der Waals surface area contributed by atoms with Gasteiger partial charge in [0.1, 0.15) is 0 Å². The molecule has 68 valence electrons. The molecule has 0 aliphatic carbocycles. The van der Waals surface area contributed by atoms with Crippen molar-refractivity contribution in [3.05, 3.63) is 0 Å². The summed E-state index contributed by atoms with van der Waals surface area (Å²) in [5.41, 5.74) is -0.363. The van der Waals surface area contributed by atoms with Gasteiger partial charge in [0, 0.05) is 0 Å². The van der Waals surface area contributed by atoms with E-state index in [0.717, 1.165) is 19.3 Å². The van der Waals surface area contributed by atoms with Crippen LogP contribution in [0.1, 0.15) is 26.2 Å². The highest BCUT2D eigenvalue weighted by Gasteiger charge is 2.54. The molecule has 0 saturated carbocycles. The highest BCUT2D eigenvalue weighted by atomic mass is 16.5. The third kappa shape index (κ3) is 0.891. The molecule has 0 radical (unpaired) electrons. The lowest BCUT2D eigenvalue weighted by Crippen LogP contribution is -2.38. The summed E-state index contributed by atoms with van der Waals surface area (Å²) in [5, 5.41) is 0. The van der Waals surface area contributed by atoms with Gasteiger partial charge in [0.05, 0.1) is 24.7 Å². The van der Waals surface area contributed by atoms with E-state index in [4.69, 9.17) is 9.47 Å². The molecule has 3 atom stereocenters. The molecule has 3 heteroatoms. The molecule has 0 amide bonds. The molecule has 12 heavy (non-hydrogen) atoms. The van der Waals surface area contributed by atoms with Crippen molar-refractivity contribution in [2.24, 2.45) is 5.41 Å². The number of ether oxygens (including phenoxy) is 2. The van der Waals surface area contributed by atoms with E-state index >= 15 is 0 Å². The first-order chi connectivity index (χ1) is 5.66. The SMILES string of the molecule is COC(=O)[C@]1(C)C[C@@H]2CC[C@@H]1O2. The molecule has 0 aromatic carbocycles. The first-order valence-electron chi connectivity index (χ1n) is 4.40. The molecule has 0 aromatic rings. The number of carbonyl (C=O) groups is 1. The molecule has 2 rings (SSSR count). The molecule has 2 heterocycles. The van der Waals surface area contributed by atoms with Gasteiger partial charge in [0.15, 0.2) is 0 Å². The third-order valence-corrected chi connectivity index (χ3v) is 3.12. The second-order valence-electron chi connectivity index (χ2n) is 3.94. The monoisotopic (exact) mass is 170 g/mol. The number of hydrogen-bond acceptors (Lipinski definition) is 3. The number of hydrogen-bond donors (Lipinski definition) is 0. The average molecular weight is 170 g/mol. The van der Waals surface area contributed by atoms with Crippen LogP contribution in [0.2, 0.25) is 0 Å². The number of rotatable bonds is 1. The molecule has 0 unspecified atom stereocenters. The molecule has 2 saturated heterocycles. The van der Waals surface area contributed by atoms with E-state index in [1.807, 2.05) is 6.92 Å². The molecule has 2 fully saturated rings. The summed E-state index contributed by atoms with van der Waals surface area (Å²) in [6.45, 7) is 1.95. The van der Waals surface area contributed by atoms with Gasteiger partial charge in [-0.3, -0.25) is 4.79 Å². The Balaban J connectivity index is 2.17. The zero-order chi connectivity index (χ0) is 8.77. The van der Waals surface area contributed by atoms with Crippen molar-refractivity contribution in [2.45, 2.75) is 38.4 Å². The minimum Gasteiger partial charge on any atom is -0.469 e. The zero-order valence-corrected chi connectivity index (χ0v) is 7.50. The van der Waals surface area contributed by atoms with Crippen LogP contribution in [0.5, 0.6) is 0 Å². The maximum atomic E-state index is 11.4. The van der Waals surface area contributed by atoms with E-state index in [9.17, 15) is 4.79 Å². The van der Waals surface area contributed by atoms with Gasteiger partial charge in [-0.2, -0.15) is 0 Å². The number of fused-ring (bicyclic) bond motifs is 2. The summed E-state index contributed by atoms with van der Waals surface area (Å²) in [5.74, 6) is -0.116. The van der Waals surface area contributed by atoms with Crippen LogP contribution in [0, 0.1) is 5.41 Å². The first-order valence-corrected chi connectivity index (χ1v) is 4.40. The van der Waals surface area contributed by atoms with Crippen LogP contribution in [-0.4, -0.2) is 25.3 Å². The Kier molecular flexibility index (Phi) is 1.65. The number of esters is 1. The Morgan fingerprint density at radius 1 is 1.58 bits per heavy atom. The number of carbonyl (C=O) groups excluding carboxylic acids is 1. The Labute approximate surface area is 72.0 Å². The van der Waals surface area contributed by atoms with Gasteiger partial charge in [-0.25, -0.2) is 0 Å². The molecular weight excluding hydrogens is 156 g/mol. The topological polar surface area (TPSA) is 35.5 Å². The van der Waals surface area contributed by atoms with Crippen molar-refractivity contribution in [3.63, 3.8) is 0 Å². The van der Waals surface area contributed by atoms with Crippen molar-refractivity contribution < 1.29 is 14.3 Å². The minimum atomic E-state index is -0.363. The van der Waals surface area contributed by atoms with E-state index in [2.05, 4.69) is 0 Å². The molecule has 2 bridgehead atoms. The highest BCUT2D eigenvalue weighted by molar-refractivity contribution is 5.77. The predicted octanol–water partition coefficient (Wildman–Crippen LogP) is 1.12. The highest BCUT2D eigenvalue weighted by Crippen LogP contribution is 2.47. The Morgan fingerprint density at radius 2 is 2.33 bits per heavy atom. The molecule has 2 aliphatic rings. The Hall–Kier alpha value is -0.570. The van der Waals surface area contributed by atoms with Gasteiger partial charge in [-0.05, 0) is 26.2 Å². The van der Waals surface area contributed by atoms with E-state index in [-0.39, 0.29) is 17.5 Å². The van der Waals surface area contributed by atoms with Crippen LogP contribution in [0.4, 0.5) is 0 Å². The fraction of sp³-hybridized carbons (Fsp3) is 0.889. The van der Waals surface area contributed by atoms with Crippen molar-refractivity contribution in [1.29, 1.82) is 0 Å². The molecular formula is C9H14O3. The fourth-order valence-electron chi connectivity index (χ4n) is 2.38. The second kappa shape index (κ2) is 2.46. The molecule has 2 aliphatic heterocycles. The van der Waals surface area contributed by atoms with E-state index in [0.29, 0.717) is 6.10 Å². The quantitative estimate of drug-likeness (QED) is 0.553. The normalized spacial score (nSPS) is 44.8. The predicted molar refractivity (Wildman–Crippen MR) is 42.6 cm³/mol. The first kappa shape index (κ1) is 8.05. The summed E-state index contributed by atoms with van der Waals surface area (Å²) < 4.78 is 10.4. The zero-order valence-electron chi connectivity index (χ0n) is 7.50.